The SMILES string of the molecule is [CH2-]CCCCCCC.[H-].[H-].[Mg+2].[Na+]. The molecule has 0 amide bonds. The smallest absolute Gasteiger partial charge is 1.00 e. The summed E-state index contributed by atoms with van der Waals surface area (Å²) in [6.45, 7) is 6.02. The molecule has 0 bridgehead atoms. The summed E-state index contributed by atoms with van der Waals surface area (Å²) in [5, 5.41) is 0. The first kappa shape index (κ1) is 17.7. The normalized spacial score (nSPS) is 7.80. The van der Waals surface area contributed by atoms with E-state index in [1.807, 2.05) is 0 Å². The van der Waals surface area contributed by atoms with Crippen LogP contribution in [0.5, 0.6) is 0 Å². The van der Waals surface area contributed by atoms with Crippen molar-refractivity contribution < 1.29 is 32.4 Å². The Morgan fingerprint density at radius 2 is 1.60 bits per heavy atom. The van der Waals surface area contributed by atoms with Crippen molar-refractivity contribution in [3.05, 3.63) is 6.92 Å². The molecular formula is C8H19MgNa. The second-order valence-corrected chi connectivity index (χ2v) is 2.27. The van der Waals surface area contributed by atoms with Crippen molar-refractivity contribution in [1.82, 2.24) is 0 Å². The Morgan fingerprint density at radius 1 is 1.10 bits per heavy atom. The Balaban J connectivity index is -0.0000000408. The van der Waals surface area contributed by atoms with Crippen LogP contribution >= 0.6 is 0 Å². The van der Waals surface area contributed by atoms with Gasteiger partial charge in [-0.1, -0.05) is 39.0 Å². The van der Waals surface area contributed by atoms with Crippen LogP contribution in [0, 0.1) is 6.92 Å². The number of hydrogen-bond acceptors (Lipinski definition) is 0. The van der Waals surface area contributed by atoms with Crippen LogP contribution in [0.2, 0.25) is 0 Å². The summed E-state index contributed by atoms with van der Waals surface area (Å²) in [7, 11) is 0. The van der Waals surface area contributed by atoms with Crippen molar-refractivity contribution in [3.63, 3.8) is 0 Å². The van der Waals surface area contributed by atoms with Crippen LogP contribution in [-0.4, -0.2) is 23.1 Å². The summed E-state index contributed by atoms with van der Waals surface area (Å²) in [5.41, 5.74) is 0. The van der Waals surface area contributed by atoms with Crippen LogP contribution in [0.3, 0.4) is 0 Å². The van der Waals surface area contributed by atoms with E-state index in [2.05, 4.69) is 13.8 Å². The largest absolute Gasteiger partial charge is 2.00 e. The van der Waals surface area contributed by atoms with E-state index < -0.39 is 0 Å². The van der Waals surface area contributed by atoms with Gasteiger partial charge in [-0.15, -0.1) is 0 Å². The summed E-state index contributed by atoms with van der Waals surface area (Å²) in [4.78, 5) is 0. The minimum atomic E-state index is 0. The van der Waals surface area contributed by atoms with Crippen LogP contribution in [-0.2, 0) is 0 Å². The molecule has 0 aromatic carbocycles. The van der Waals surface area contributed by atoms with E-state index in [0.717, 1.165) is 6.42 Å². The molecule has 0 atom stereocenters. The molecule has 0 unspecified atom stereocenters. The molecule has 0 aliphatic heterocycles. The molecule has 0 aromatic rings. The molecule has 0 radical (unpaired) electrons. The quantitative estimate of drug-likeness (QED) is 0.304. The molecule has 0 fully saturated rings. The van der Waals surface area contributed by atoms with Gasteiger partial charge in [-0.05, 0) is 0 Å². The Morgan fingerprint density at radius 3 is 2.00 bits per heavy atom. The Kier molecular flexibility index (Phi) is 30.2. The molecule has 2 heteroatoms. The molecule has 0 N–H and O–H groups in total. The molecule has 0 heterocycles. The molecule has 0 spiro atoms. The van der Waals surface area contributed by atoms with Gasteiger partial charge in [0.1, 0.15) is 0 Å². The average Bonchev–Trinajstić information content (AvgIpc) is 1.81. The van der Waals surface area contributed by atoms with Crippen molar-refractivity contribution >= 4 is 23.1 Å². The summed E-state index contributed by atoms with van der Waals surface area (Å²) in [6, 6.07) is 0. The van der Waals surface area contributed by atoms with Crippen molar-refractivity contribution in [3.8, 4) is 0 Å². The molecule has 0 nitrogen and oxygen atoms in total. The molecule has 0 saturated heterocycles. The van der Waals surface area contributed by atoms with Gasteiger partial charge in [-0.2, -0.15) is 6.42 Å². The predicted molar refractivity (Wildman–Crippen MR) is 46.7 cm³/mol. The first-order valence-electron chi connectivity index (χ1n) is 3.71. The molecular weight excluding hydrogens is 143 g/mol. The van der Waals surface area contributed by atoms with E-state index in [0.29, 0.717) is 0 Å². The Bertz CT molecular complexity index is 42.0. The monoisotopic (exact) mass is 162 g/mol. The zero-order valence-electron chi connectivity index (χ0n) is 9.66. The fraction of sp³-hybridized carbons (Fsp3) is 0.875. The van der Waals surface area contributed by atoms with Gasteiger partial charge in [0.25, 0.3) is 0 Å². The number of rotatable bonds is 5. The zero-order valence-corrected chi connectivity index (χ0v) is 11.1. The van der Waals surface area contributed by atoms with E-state index in [1.54, 1.807) is 0 Å². The fourth-order valence-electron chi connectivity index (χ4n) is 0.780. The molecule has 10 heavy (non-hydrogen) atoms. The third kappa shape index (κ3) is 16.4. The standard InChI is InChI=1S/C8H17.Mg.Na.2H/c1-3-5-7-8-6-4-2;;;;/h1,3-8H2,2H3;;;;/q-1;+2;+1;2*-1. The van der Waals surface area contributed by atoms with Crippen molar-refractivity contribution in [1.29, 1.82) is 0 Å². The van der Waals surface area contributed by atoms with Crippen LogP contribution < -0.4 is 29.6 Å². The predicted octanol–water partition coefficient (Wildman–Crippen LogP) is 0.0292. The Hall–Kier alpha value is 1.77. The van der Waals surface area contributed by atoms with Gasteiger partial charge in [0.2, 0.25) is 0 Å². The van der Waals surface area contributed by atoms with Gasteiger partial charge in [0.15, 0.2) is 0 Å². The van der Waals surface area contributed by atoms with Crippen LogP contribution in [0.25, 0.3) is 0 Å². The number of unbranched alkanes of at least 4 members (excludes halogenated alkanes) is 5. The summed E-state index contributed by atoms with van der Waals surface area (Å²) in [6.07, 6.45) is 7.98. The molecule has 0 saturated carbocycles. The molecule has 0 aliphatic rings. The van der Waals surface area contributed by atoms with Gasteiger partial charge in [0.05, 0.1) is 0 Å². The third-order valence-electron chi connectivity index (χ3n) is 1.35. The van der Waals surface area contributed by atoms with Crippen LogP contribution in [0.4, 0.5) is 0 Å². The van der Waals surface area contributed by atoms with E-state index in [9.17, 15) is 0 Å². The maximum atomic E-state index is 3.78. The van der Waals surface area contributed by atoms with Crippen LogP contribution in [0.15, 0.2) is 0 Å². The van der Waals surface area contributed by atoms with E-state index in [4.69, 9.17) is 0 Å². The molecule has 0 aliphatic carbocycles. The third-order valence-corrected chi connectivity index (χ3v) is 1.35. The number of hydrogen-bond donors (Lipinski definition) is 0. The Labute approximate surface area is 107 Å². The maximum Gasteiger partial charge on any atom is 2.00 e. The molecule has 0 aromatic heterocycles. The van der Waals surface area contributed by atoms with Gasteiger partial charge >= 0.3 is 52.6 Å². The zero-order chi connectivity index (χ0) is 6.24. The average molecular weight is 163 g/mol. The first-order valence-corrected chi connectivity index (χ1v) is 3.71. The van der Waals surface area contributed by atoms with Gasteiger partial charge < -0.3 is 9.78 Å². The van der Waals surface area contributed by atoms with Crippen molar-refractivity contribution in [2.24, 2.45) is 0 Å². The van der Waals surface area contributed by atoms with E-state index in [1.165, 1.54) is 32.1 Å². The topological polar surface area (TPSA) is 0 Å². The molecule has 0 rings (SSSR count). The summed E-state index contributed by atoms with van der Waals surface area (Å²) in [5.74, 6) is 0. The van der Waals surface area contributed by atoms with Crippen molar-refractivity contribution in [2.45, 2.75) is 45.4 Å². The summed E-state index contributed by atoms with van der Waals surface area (Å²) >= 11 is 0. The second kappa shape index (κ2) is 17.0. The second-order valence-electron chi connectivity index (χ2n) is 2.27. The minimum Gasteiger partial charge on any atom is -1.00 e. The molecule has 54 valence electrons. The van der Waals surface area contributed by atoms with E-state index in [-0.39, 0.29) is 55.5 Å². The maximum absolute atomic E-state index is 3.78. The van der Waals surface area contributed by atoms with Crippen molar-refractivity contribution in [2.75, 3.05) is 0 Å². The first-order chi connectivity index (χ1) is 3.91. The van der Waals surface area contributed by atoms with Gasteiger partial charge in [-0.25, -0.2) is 0 Å². The van der Waals surface area contributed by atoms with Crippen LogP contribution in [0.1, 0.15) is 48.3 Å². The van der Waals surface area contributed by atoms with Gasteiger partial charge in [-0.3, -0.25) is 0 Å². The van der Waals surface area contributed by atoms with E-state index >= 15 is 0 Å². The summed E-state index contributed by atoms with van der Waals surface area (Å²) < 4.78 is 0. The minimum absolute atomic E-state index is 0. The van der Waals surface area contributed by atoms with Gasteiger partial charge in [0, 0.05) is 0 Å². The fourth-order valence-corrected chi connectivity index (χ4v) is 0.780.